The van der Waals surface area contributed by atoms with Crippen LogP contribution in [0.5, 0.6) is 0 Å². The number of rotatable bonds is 6. The molecule has 1 saturated carbocycles. The molecule has 3 amide bonds. The molecule has 2 aromatic carbocycles. The van der Waals surface area contributed by atoms with E-state index in [1.54, 1.807) is 24.3 Å². The molecule has 0 bridgehead atoms. The molecule has 1 aliphatic carbocycles. The fourth-order valence-electron chi connectivity index (χ4n) is 4.01. The van der Waals surface area contributed by atoms with Crippen molar-refractivity contribution in [2.24, 2.45) is 5.92 Å². The van der Waals surface area contributed by atoms with Gasteiger partial charge in [-0.15, -0.1) is 0 Å². The lowest BCUT2D eigenvalue weighted by Gasteiger charge is -2.28. The van der Waals surface area contributed by atoms with Gasteiger partial charge in [-0.25, -0.2) is 9.59 Å². The molecule has 4 N–H and O–H groups in total. The first-order valence-electron chi connectivity index (χ1n) is 10.6. The van der Waals surface area contributed by atoms with E-state index in [1.807, 2.05) is 32.0 Å². The van der Waals surface area contributed by atoms with Crippen molar-refractivity contribution in [3.63, 3.8) is 0 Å². The van der Waals surface area contributed by atoms with Crippen LogP contribution in [0.3, 0.4) is 0 Å². The maximum Gasteiger partial charge on any atom is 0.326 e. The Balaban J connectivity index is 1.76. The van der Waals surface area contributed by atoms with E-state index in [9.17, 15) is 19.5 Å². The first kappa shape index (κ1) is 22.3. The average Bonchev–Trinajstić information content (AvgIpc) is 2.75. The number of nitrogens with one attached hydrogen (secondary N) is 3. The molecule has 2 aromatic rings. The summed E-state index contributed by atoms with van der Waals surface area (Å²) in [5.41, 5.74) is 2.97. The van der Waals surface area contributed by atoms with E-state index in [0.29, 0.717) is 11.4 Å². The molecule has 1 atom stereocenters. The molecule has 164 valence electrons. The monoisotopic (exact) mass is 423 g/mol. The van der Waals surface area contributed by atoms with Gasteiger partial charge in [0.15, 0.2) is 0 Å². The van der Waals surface area contributed by atoms with Crippen LogP contribution in [0.4, 0.5) is 16.2 Å². The molecule has 0 aliphatic heterocycles. The van der Waals surface area contributed by atoms with E-state index >= 15 is 0 Å². The summed E-state index contributed by atoms with van der Waals surface area (Å²) in [4.78, 5) is 37.4. The molecule has 7 nitrogen and oxygen atoms in total. The van der Waals surface area contributed by atoms with Gasteiger partial charge in [-0.1, -0.05) is 49.1 Å². The van der Waals surface area contributed by atoms with E-state index < -0.39 is 23.9 Å². The quantitative estimate of drug-likeness (QED) is 0.540. The molecule has 3 rings (SSSR count). The number of hydrogen-bond donors (Lipinski definition) is 4. The SMILES string of the molecule is Cc1ccc(NC(=O)Nc2ccccc2C)c(C(=O)N[C@H](C(=O)O)C2CCCCC2)c1. The lowest BCUT2D eigenvalue weighted by molar-refractivity contribution is -0.141. The Labute approximate surface area is 182 Å². The molecule has 1 aliphatic rings. The summed E-state index contributed by atoms with van der Waals surface area (Å²) in [6, 6.07) is 11.1. The minimum atomic E-state index is -1.03. The van der Waals surface area contributed by atoms with Gasteiger partial charge in [-0.3, -0.25) is 4.79 Å². The van der Waals surface area contributed by atoms with E-state index in [-0.39, 0.29) is 11.5 Å². The van der Waals surface area contributed by atoms with Crippen molar-refractivity contribution in [1.29, 1.82) is 0 Å². The number of amides is 3. The van der Waals surface area contributed by atoms with Gasteiger partial charge >= 0.3 is 12.0 Å². The van der Waals surface area contributed by atoms with Gasteiger partial charge in [0.2, 0.25) is 0 Å². The molecule has 0 heterocycles. The molecule has 0 radical (unpaired) electrons. The second kappa shape index (κ2) is 10.1. The second-order valence-electron chi connectivity index (χ2n) is 8.13. The molecule has 0 unspecified atom stereocenters. The third kappa shape index (κ3) is 5.84. The highest BCUT2D eigenvalue weighted by Crippen LogP contribution is 2.27. The molecular formula is C24H29N3O4. The van der Waals surface area contributed by atoms with Gasteiger partial charge < -0.3 is 21.1 Å². The summed E-state index contributed by atoms with van der Waals surface area (Å²) in [5, 5.41) is 17.9. The molecule has 31 heavy (non-hydrogen) atoms. The van der Waals surface area contributed by atoms with Crippen LogP contribution in [0.25, 0.3) is 0 Å². The van der Waals surface area contributed by atoms with Crippen LogP contribution in [-0.4, -0.2) is 29.1 Å². The number of para-hydroxylation sites is 1. The molecule has 0 spiro atoms. The maximum atomic E-state index is 13.0. The fourth-order valence-corrected chi connectivity index (χ4v) is 4.01. The summed E-state index contributed by atoms with van der Waals surface area (Å²) >= 11 is 0. The number of aryl methyl sites for hydroxylation is 2. The van der Waals surface area contributed by atoms with E-state index in [0.717, 1.165) is 43.2 Å². The highest BCUT2D eigenvalue weighted by Gasteiger charge is 2.31. The van der Waals surface area contributed by atoms with Crippen molar-refractivity contribution in [3.8, 4) is 0 Å². The minimum absolute atomic E-state index is 0.0826. The van der Waals surface area contributed by atoms with Crippen LogP contribution in [0.2, 0.25) is 0 Å². The standard InChI is InChI=1S/C24H29N3O4/c1-15-12-13-20(26-24(31)25-19-11-7-6-8-16(19)2)18(14-15)22(28)27-21(23(29)30)17-9-4-3-5-10-17/h6-8,11-14,17,21H,3-5,9-10H2,1-2H3,(H,27,28)(H,29,30)(H2,25,26,31)/t21-/m0/s1. The molecule has 7 heteroatoms. The van der Waals surface area contributed by atoms with Crippen LogP contribution in [0.15, 0.2) is 42.5 Å². The van der Waals surface area contributed by atoms with Crippen molar-refractivity contribution in [3.05, 3.63) is 59.2 Å². The topological polar surface area (TPSA) is 108 Å². The summed E-state index contributed by atoms with van der Waals surface area (Å²) in [6.45, 7) is 3.72. The van der Waals surface area contributed by atoms with Crippen LogP contribution < -0.4 is 16.0 Å². The summed E-state index contributed by atoms with van der Waals surface area (Å²) in [5.74, 6) is -1.62. The fraction of sp³-hybridized carbons (Fsp3) is 0.375. The Bertz CT molecular complexity index is 967. The maximum absolute atomic E-state index is 13.0. The predicted molar refractivity (Wildman–Crippen MR) is 120 cm³/mol. The predicted octanol–water partition coefficient (Wildman–Crippen LogP) is 4.71. The number of carboxylic acid groups (broad SMARTS) is 1. The zero-order valence-electron chi connectivity index (χ0n) is 17.9. The van der Waals surface area contributed by atoms with Crippen LogP contribution in [0, 0.1) is 19.8 Å². The molecule has 0 saturated heterocycles. The second-order valence-corrected chi connectivity index (χ2v) is 8.13. The summed E-state index contributed by atoms with van der Waals surface area (Å²) in [7, 11) is 0. The van der Waals surface area contributed by atoms with Crippen LogP contribution in [0.1, 0.15) is 53.6 Å². The zero-order chi connectivity index (χ0) is 22.4. The Kier molecular flexibility index (Phi) is 7.28. The number of hydrogen-bond acceptors (Lipinski definition) is 3. The number of carboxylic acids is 1. The molecule has 0 aromatic heterocycles. The van der Waals surface area contributed by atoms with Gasteiger partial charge in [-0.2, -0.15) is 0 Å². The first-order chi connectivity index (χ1) is 14.8. The van der Waals surface area contributed by atoms with Crippen molar-refractivity contribution in [1.82, 2.24) is 5.32 Å². The minimum Gasteiger partial charge on any atom is -0.480 e. The van der Waals surface area contributed by atoms with Crippen molar-refractivity contribution in [2.45, 2.75) is 52.0 Å². The molecule has 1 fully saturated rings. The van der Waals surface area contributed by atoms with E-state index in [2.05, 4.69) is 16.0 Å². The zero-order valence-corrected chi connectivity index (χ0v) is 17.9. The number of benzene rings is 2. The number of carbonyl (C=O) groups is 3. The van der Waals surface area contributed by atoms with Gasteiger partial charge in [0.05, 0.1) is 11.3 Å². The Morgan fingerprint density at radius 1 is 0.935 bits per heavy atom. The third-order valence-electron chi connectivity index (χ3n) is 5.74. The highest BCUT2D eigenvalue weighted by atomic mass is 16.4. The van der Waals surface area contributed by atoms with Gasteiger partial charge in [0, 0.05) is 5.69 Å². The average molecular weight is 424 g/mol. The number of urea groups is 1. The lowest BCUT2D eigenvalue weighted by atomic mass is 9.83. The van der Waals surface area contributed by atoms with Crippen molar-refractivity contribution in [2.75, 3.05) is 10.6 Å². The first-order valence-corrected chi connectivity index (χ1v) is 10.6. The molecular weight excluding hydrogens is 394 g/mol. The van der Waals surface area contributed by atoms with E-state index in [1.165, 1.54) is 0 Å². The Hall–Kier alpha value is -3.35. The van der Waals surface area contributed by atoms with Crippen LogP contribution in [-0.2, 0) is 4.79 Å². The van der Waals surface area contributed by atoms with Gasteiger partial charge in [-0.05, 0) is 56.4 Å². The normalized spacial score (nSPS) is 15.0. The summed E-state index contributed by atoms with van der Waals surface area (Å²) in [6.07, 6.45) is 4.62. The van der Waals surface area contributed by atoms with Crippen LogP contribution >= 0.6 is 0 Å². The smallest absolute Gasteiger partial charge is 0.326 e. The Morgan fingerprint density at radius 2 is 1.61 bits per heavy atom. The van der Waals surface area contributed by atoms with Crippen molar-refractivity contribution < 1.29 is 19.5 Å². The van der Waals surface area contributed by atoms with E-state index in [4.69, 9.17) is 0 Å². The van der Waals surface area contributed by atoms with Gasteiger partial charge in [0.1, 0.15) is 6.04 Å². The summed E-state index contributed by atoms with van der Waals surface area (Å²) < 4.78 is 0. The highest BCUT2D eigenvalue weighted by molar-refractivity contribution is 6.07. The number of carbonyl (C=O) groups excluding carboxylic acids is 2. The lowest BCUT2D eigenvalue weighted by Crippen LogP contribution is -2.46. The van der Waals surface area contributed by atoms with Gasteiger partial charge in [0.25, 0.3) is 5.91 Å². The largest absolute Gasteiger partial charge is 0.480 e. The van der Waals surface area contributed by atoms with Crippen molar-refractivity contribution >= 4 is 29.3 Å². The third-order valence-corrected chi connectivity index (χ3v) is 5.74. The number of aliphatic carboxylic acids is 1. The number of anilines is 2. The Morgan fingerprint density at radius 3 is 2.29 bits per heavy atom.